The van der Waals surface area contributed by atoms with Crippen molar-refractivity contribution >= 4 is 119 Å². The lowest BCUT2D eigenvalue weighted by molar-refractivity contribution is 0.0651. The van der Waals surface area contributed by atoms with Crippen LogP contribution in [0.4, 0.5) is 0 Å². The molecule has 0 fully saturated rings. The molecule has 170 valence electrons. The van der Waals surface area contributed by atoms with Gasteiger partial charge in [-0.3, -0.25) is 0 Å². The van der Waals surface area contributed by atoms with E-state index in [9.17, 15) is 39.6 Å². The Labute approximate surface area is 230 Å². The van der Waals surface area contributed by atoms with Crippen LogP contribution >= 0.6 is 95.6 Å². The van der Waals surface area contributed by atoms with Crippen molar-refractivity contribution in [3.8, 4) is 11.1 Å². The fraction of sp³-hybridized carbons (Fsp3) is 0.111. The normalized spacial score (nSPS) is 11.8. The molecule has 32 heavy (non-hydrogen) atoms. The van der Waals surface area contributed by atoms with E-state index in [-0.39, 0.29) is 22.3 Å². The second-order valence-electron chi connectivity index (χ2n) is 6.10. The summed E-state index contributed by atoms with van der Waals surface area (Å²) in [6.07, 6.45) is 0. The fourth-order valence-electron chi connectivity index (χ4n) is 2.82. The van der Waals surface area contributed by atoms with Crippen molar-refractivity contribution in [1.82, 2.24) is 0 Å². The maximum absolute atomic E-state index is 11.8. The molecule has 0 heterocycles. The first-order valence-electron chi connectivity index (χ1n) is 7.90. The van der Waals surface area contributed by atoms with E-state index in [0.717, 1.165) is 24.3 Å². The van der Waals surface area contributed by atoms with Gasteiger partial charge in [0.2, 0.25) is 0 Å². The first kappa shape index (κ1) is 27.4. The van der Waals surface area contributed by atoms with E-state index in [1.54, 1.807) is 0 Å². The third-order valence-corrected chi connectivity index (χ3v) is 6.70. The molecule has 0 aliphatic rings. The van der Waals surface area contributed by atoms with Gasteiger partial charge < -0.3 is 20.4 Å². The molecule has 0 aliphatic heterocycles. The summed E-state index contributed by atoms with van der Waals surface area (Å²) in [6.45, 7) is 0. The van der Waals surface area contributed by atoms with E-state index in [0.29, 0.717) is 0 Å². The van der Waals surface area contributed by atoms with E-state index in [1.165, 1.54) is 0 Å². The standard InChI is InChI=1S/C18H8Br6O8/c19-17(20,21)11-3-9(15(29)30)7(13(25)26)1-5(11)6-2-8(14(27)28)10(16(31)32)4-12(6)18(22,23)24/h1-4H,(H,25,26)(H,27,28)(H,29,30)(H,31,32). The maximum atomic E-state index is 11.8. The smallest absolute Gasteiger partial charge is 0.336 e. The van der Waals surface area contributed by atoms with Gasteiger partial charge in [0.15, 0.2) is 4.29 Å². The summed E-state index contributed by atoms with van der Waals surface area (Å²) in [4.78, 5) is 46.9. The Morgan fingerprint density at radius 1 is 0.500 bits per heavy atom. The molecule has 2 aromatic carbocycles. The van der Waals surface area contributed by atoms with Gasteiger partial charge in [-0.15, -0.1) is 0 Å². The Morgan fingerprint density at radius 3 is 0.906 bits per heavy atom. The molecule has 2 rings (SSSR count). The predicted octanol–water partition coefficient (Wildman–Crippen LogP) is 6.74. The minimum Gasteiger partial charge on any atom is -0.478 e. The molecule has 0 spiro atoms. The average molecular weight is 832 g/mol. The monoisotopic (exact) mass is 826 g/mol. The van der Waals surface area contributed by atoms with E-state index in [1.807, 2.05) is 0 Å². The molecule has 0 atom stereocenters. The van der Waals surface area contributed by atoms with Gasteiger partial charge in [-0.1, -0.05) is 95.6 Å². The molecule has 0 bridgehead atoms. The number of carbonyl (C=O) groups is 4. The lowest BCUT2D eigenvalue weighted by atomic mass is 9.89. The average Bonchev–Trinajstić information content (AvgIpc) is 2.63. The van der Waals surface area contributed by atoms with E-state index < -0.39 is 50.4 Å². The molecule has 0 saturated carbocycles. The summed E-state index contributed by atoms with van der Waals surface area (Å²) < 4.78 is -2.49. The molecule has 8 nitrogen and oxygen atoms in total. The Balaban J connectivity index is 3.16. The van der Waals surface area contributed by atoms with E-state index in [2.05, 4.69) is 95.6 Å². The highest BCUT2D eigenvalue weighted by Crippen LogP contribution is 2.53. The second kappa shape index (κ2) is 9.82. The van der Waals surface area contributed by atoms with Gasteiger partial charge in [0.05, 0.1) is 22.3 Å². The van der Waals surface area contributed by atoms with Crippen LogP contribution in [0, 0.1) is 0 Å². The van der Waals surface area contributed by atoms with Gasteiger partial charge in [-0.25, -0.2) is 19.2 Å². The lowest BCUT2D eigenvalue weighted by Crippen LogP contribution is -2.15. The first-order valence-corrected chi connectivity index (χ1v) is 12.7. The number of halogens is 6. The SMILES string of the molecule is O=C(O)c1cc(-c2cc(C(=O)O)c(C(=O)O)cc2C(Br)(Br)Br)c(C(Br)(Br)Br)cc1C(=O)O. The molecule has 14 heteroatoms. The van der Waals surface area contributed by atoms with Crippen molar-refractivity contribution in [2.45, 2.75) is 4.29 Å². The highest BCUT2D eigenvalue weighted by molar-refractivity contribution is 9.39. The molecule has 0 saturated heterocycles. The largest absolute Gasteiger partial charge is 0.478 e. The number of alkyl halides is 6. The van der Waals surface area contributed by atoms with Crippen LogP contribution in [-0.2, 0) is 4.29 Å². The fourth-order valence-corrected chi connectivity index (χ4v) is 4.79. The van der Waals surface area contributed by atoms with Crippen LogP contribution in [0.5, 0.6) is 0 Å². The molecule has 0 aliphatic carbocycles. The van der Waals surface area contributed by atoms with Crippen molar-refractivity contribution in [3.63, 3.8) is 0 Å². The second-order valence-corrected chi connectivity index (χ2v) is 19.6. The predicted molar refractivity (Wildman–Crippen MR) is 137 cm³/mol. The number of carboxylic acids is 4. The number of rotatable bonds is 5. The molecule has 0 radical (unpaired) electrons. The topological polar surface area (TPSA) is 149 Å². The third-order valence-electron chi connectivity index (χ3n) is 4.14. The van der Waals surface area contributed by atoms with Crippen LogP contribution in [0.25, 0.3) is 11.1 Å². The quantitative estimate of drug-likeness (QED) is 0.243. The summed E-state index contributed by atoms with van der Waals surface area (Å²) in [5.74, 6) is -6.03. The highest BCUT2D eigenvalue weighted by Gasteiger charge is 2.34. The summed E-state index contributed by atoms with van der Waals surface area (Å²) >= 11 is 19.7. The Kier molecular flexibility index (Phi) is 8.42. The number of carboxylic acid groups (broad SMARTS) is 4. The maximum Gasteiger partial charge on any atom is 0.336 e. The van der Waals surface area contributed by atoms with Crippen molar-refractivity contribution in [3.05, 3.63) is 57.6 Å². The van der Waals surface area contributed by atoms with Crippen LogP contribution in [0.15, 0.2) is 24.3 Å². The van der Waals surface area contributed by atoms with Crippen molar-refractivity contribution in [2.24, 2.45) is 0 Å². The number of benzene rings is 2. The molecule has 0 amide bonds. The molecular formula is C18H8Br6O8. The Hall–Kier alpha value is -0.800. The first-order chi connectivity index (χ1) is 14.5. The van der Waals surface area contributed by atoms with Crippen LogP contribution in [0.1, 0.15) is 52.6 Å². The molecular weight excluding hydrogens is 824 g/mol. The Morgan fingerprint density at radius 2 is 0.719 bits per heavy atom. The zero-order chi connectivity index (χ0) is 24.8. The minimum absolute atomic E-state index is 0.107. The summed E-state index contributed by atoms with van der Waals surface area (Å²) in [5.41, 5.74) is -1.56. The lowest BCUT2D eigenvalue weighted by Gasteiger charge is -2.25. The van der Waals surface area contributed by atoms with E-state index >= 15 is 0 Å². The third kappa shape index (κ3) is 5.81. The summed E-state index contributed by atoms with van der Waals surface area (Å²) in [7, 11) is 0. The number of hydrogen-bond acceptors (Lipinski definition) is 4. The minimum atomic E-state index is -1.52. The van der Waals surface area contributed by atoms with Gasteiger partial charge in [0, 0.05) is 0 Å². The molecule has 2 aromatic rings. The van der Waals surface area contributed by atoms with Crippen LogP contribution in [-0.4, -0.2) is 44.3 Å². The zero-order valence-corrected chi connectivity index (χ0v) is 24.5. The van der Waals surface area contributed by atoms with Crippen LogP contribution in [0.2, 0.25) is 0 Å². The van der Waals surface area contributed by atoms with Gasteiger partial charge >= 0.3 is 23.9 Å². The summed E-state index contributed by atoms with van der Waals surface area (Å²) in [5, 5.41) is 38.1. The Bertz CT molecular complexity index is 1070. The van der Waals surface area contributed by atoms with Crippen molar-refractivity contribution in [1.29, 1.82) is 0 Å². The number of hydrogen-bond donors (Lipinski definition) is 4. The highest BCUT2D eigenvalue weighted by atomic mass is 80.0. The van der Waals surface area contributed by atoms with Crippen LogP contribution < -0.4 is 0 Å². The van der Waals surface area contributed by atoms with Crippen LogP contribution in [0.3, 0.4) is 0 Å². The molecule has 0 aromatic heterocycles. The van der Waals surface area contributed by atoms with E-state index in [4.69, 9.17) is 0 Å². The zero-order valence-electron chi connectivity index (χ0n) is 15.0. The van der Waals surface area contributed by atoms with Crippen molar-refractivity contribution in [2.75, 3.05) is 0 Å². The van der Waals surface area contributed by atoms with Gasteiger partial charge in [0.1, 0.15) is 0 Å². The number of aromatic carboxylic acids is 4. The van der Waals surface area contributed by atoms with Crippen molar-refractivity contribution < 1.29 is 39.6 Å². The van der Waals surface area contributed by atoms with Gasteiger partial charge in [0.25, 0.3) is 0 Å². The summed E-state index contributed by atoms with van der Waals surface area (Å²) in [6, 6.07) is 4.35. The molecule has 0 unspecified atom stereocenters. The van der Waals surface area contributed by atoms with Gasteiger partial charge in [-0.2, -0.15) is 0 Å². The van der Waals surface area contributed by atoms with Gasteiger partial charge in [-0.05, 0) is 46.5 Å². The molecule has 4 N–H and O–H groups in total.